The summed E-state index contributed by atoms with van der Waals surface area (Å²) >= 11 is 3.27. The number of thiazole rings is 2. The minimum atomic E-state index is -0.430. The molecule has 0 aliphatic heterocycles. The van der Waals surface area contributed by atoms with Gasteiger partial charge in [-0.05, 0) is 117 Å². The molecule has 12 rings (SSSR count). The molecule has 6 nitrogen and oxygen atoms in total. The molecule has 11 heteroatoms. The van der Waals surface area contributed by atoms with Gasteiger partial charge in [-0.15, -0.1) is 57.2 Å². The molecular weight excluding hydrogens is 1200 g/mol. The first kappa shape index (κ1) is 54.3. The SMILES string of the molecule is CC(C)(C)c1cc(-c2[c-]ccc3ccccc23)c2nc(-c3ccccc3N=Cc3cc(F)ccc3O)sc2c1.CC(C)(C)c1cc(-c2cccc3ccccc23)c2nc(-c3ccccc3N=Cc3cc(F)ccc3O)sc2c1.[Pt]. The second kappa shape index (κ2) is 22.4. The summed E-state index contributed by atoms with van der Waals surface area (Å²) < 4.78 is 29.7. The summed E-state index contributed by atoms with van der Waals surface area (Å²) in [5, 5.41) is 26.7. The molecule has 2 heterocycles. The maximum absolute atomic E-state index is 13.7. The van der Waals surface area contributed by atoms with Crippen LogP contribution in [-0.4, -0.2) is 32.6 Å². The second-order valence-electron chi connectivity index (χ2n) is 21.2. The summed E-state index contributed by atoms with van der Waals surface area (Å²) in [6.45, 7) is 13.4. The molecule has 0 atom stereocenters. The van der Waals surface area contributed by atoms with Gasteiger partial charge >= 0.3 is 0 Å². The monoisotopic (exact) mass is 1250 g/mol. The van der Waals surface area contributed by atoms with Crippen molar-refractivity contribution >= 4 is 88.5 Å². The minimum absolute atomic E-state index is 0. The Labute approximate surface area is 480 Å². The van der Waals surface area contributed by atoms with E-state index in [2.05, 4.69) is 155 Å². The van der Waals surface area contributed by atoms with E-state index in [4.69, 9.17) is 9.97 Å². The molecule has 0 aliphatic rings. The second-order valence-corrected chi connectivity index (χ2v) is 23.3. The third-order valence-electron chi connectivity index (χ3n) is 13.7. The topological polar surface area (TPSA) is 91.0 Å². The van der Waals surface area contributed by atoms with Crippen LogP contribution in [0.3, 0.4) is 0 Å². The number of fused-ring (bicyclic) bond motifs is 4. The summed E-state index contributed by atoms with van der Waals surface area (Å²) in [7, 11) is 0. The zero-order valence-corrected chi connectivity index (χ0v) is 48.0. The van der Waals surface area contributed by atoms with E-state index in [-0.39, 0.29) is 43.4 Å². The van der Waals surface area contributed by atoms with Crippen molar-refractivity contribution < 1.29 is 40.1 Å². The van der Waals surface area contributed by atoms with E-state index in [1.807, 2.05) is 54.6 Å². The van der Waals surface area contributed by atoms with E-state index < -0.39 is 11.6 Å². The standard InChI is InChI=1S/C34H27FN2OS.C34H26FN2OS.Pt/c2*1-34(2,3)23-18-28(26-13-8-10-21-9-4-5-11-25(21)26)32-31(19-23)39-33(37-32)27-12-6-7-14-29(27)36-20-22-17-24(35)15-16-30(22)38;/h4-20,38H,1-3H3;4-12,14-20,38H,1-3H3;/q;-1;. The number of aromatic nitrogens is 2. The van der Waals surface area contributed by atoms with E-state index in [9.17, 15) is 19.0 Å². The molecule has 0 aliphatic carbocycles. The van der Waals surface area contributed by atoms with Crippen molar-refractivity contribution in [2.45, 2.75) is 52.4 Å². The smallest absolute Gasteiger partial charge is 0.126 e. The number of benzene rings is 10. The summed E-state index contributed by atoms with van der Waals surface area (Å²) in [5.74, 6) is -0.902. The summed E-state index contributed by atoms with van der Waals surface area (Å²) in [4.78, 5) is 19.6. The third-order valence-corrected chi connectivity index (χ3v) is 15.8. The Balaban J connectivity index is 0.000000176. The molecule has 79 heavy (non-hydrogen) atoms. The van der Waals surface area contributed by atoms with E-state index in [1.54, 1.807) is 22.7 Å². The van der Waals surface area contributed by atoms with Gasteiger partial charge in [-0.2, -0.15) is 0 Å². The largest absolute Gasteiger partial charge is 0.507 e. The third kappa shape index (κ3) is 11.5. The maximum atomic E-state index is 13.7. The zero-order chi connectivity index (χ0) is 54.3. The van der Waals surface area contributed by atoms with Crippen LogP contribution in [0, 0.1) is 17.7 Å². The van der Waals surface area contributed by atoms with Gasteiger partial charge in [0.15, 0.2) is 0 Å². The predicted octanol–water partition coefficient (Wildman–Crippen LogP) is 19.2. The fraction of sp³-hybridized carbons (Fsp3) is 0.118. The molecule has 0 saturated heterocycles. The number of nitrogens with zero attached hydrogens (tertiary/aromatic N) is 4. The van der Waals surface area contributed by atoms with Gasteiger partial charge in [-0.3, -0.25) is 9.98 Å². The van der Waals surface area contributed by atoms with Gasteiger partial charge in [0.05, 0.1) is 21.6 Å². The number of aliphatic imine (C=N–C) groups is 2. The van der Waals surface area contributed by atoms with Crippen molar-refractivity contribution in [1.29, 1.82) is 0 Å². The van der Waals surface area contributed by atoms with Gasteiger partial charge in [0.1, 0.15) is 33.1 Å². The Hall–Kier alpha value is -8.01. The Morgan fingerprint density at radius 2 is 0.911 bits per heavy atom. The van der Waals surface area contributed by atoms with Crippen molar-refractivity contribution in [3.05, 3.63) is 228 Å². The van der Waals surface area contributed by atoms with Crippen LogP contribution >= 0.6 is 22.7 Å². The zero-order valence-electron chi connectivity index (χ0n) is 44.1. The number of phenols is 2. The van der Waals surface area contributed by atoms with Gasteiger partial charge in [0, 0.05) is 71.5 Å². The Morgan fingerprint density at radius 1 is 0.468 bits per heavy atom. The molecule has 0 amide bonds. The van der Waals surface area contributed by atoms with Crippen LogP contribution in [0.5, 0.6) is 11.5 Å². The molecule has 2 aromatic heterocycles. The number of hydrogen-bond acceptors (Lipinski definition) is 8. The van der Waals surface area contributed by atoms with Crippen LogP contribution in [0.2, 0.25) is 0 Å². The predicted molar refractivity (Wildman–Crippen MR) is 323 cm³/mol. The van der Waals surface area contributed by atoms with Crippen LogP contribution in [0.1, 0.15) is 63.8 Å². The number of para-hydroxylation sites is 2. The molecule has 0 spiro atoms. The van der Waals surface area contributed by atoms with Gasteiger partial charge < -0.3 is 10.2 Å². The molecule has 0 radical (unpaired) electrons. The molecular formula is C68H53F2N4O2PtS2-. The first-order chi connectivity index (χ1) is 37.6. The van der Waals surface area contributed by atoms with Crippen LogP contribution in [0.4, 0.5) is 20.2 Å². The molecule has 0 saturated carbocycles. The average Bonchev–Trinajstić information content (AvgIpc) is 4.11. The first-order valence-electron chi connectivity index (χ1n) is 25.6. The van der Waals surface area contributed by atoms with Gasteiger partial charge in [-0.25, -0.2) is 18.7 Å². The average molecular weight is 1260 g/mol. The Morgan fingerprint density at radius 3 is 1.46 bits per heavy atom. The fourth-order valence-corrected chi connectivity index (χ4v) is 11.6. The molecule has 0 bridgehead atoms. The molecule has 0 fully saturated rings. The van der Waals surface area contributed by atoms with E-state index >= 15 is 0 Å². The van der Waals surface area contributed by atoms with Crippen LogP contribution < -0.4 is 0 Å². The van der Waals surface area contributed by atoms with E-state index in [0.717, 1.165) is 74.6 Å². The molecule has 0 unspecified atom stereocenters. The number of halogens is 2. The van der Waals surface area contributed by atoms with Crippen molar-refractivity contribution in [3.8, 4) is 54.9 Å². The molecule has 394 valence electrons. The number of hydrogen-bond donors (Lipinski definition) is 2. The number of rotatable bonds is 8. The van der Waals surface area contributed by atoms with Crippen molar-refractivity contribution in [2.24, 2.45) is 9.98 Å². The van der Waals surface area contributed by atoms with E-state index in [0.29, 0.717) is 22.5 Å². The molecule has 12 aromatic rings. The van der Waals surface area contributed by atoms with Gasteiger partial charge in [0.2, 0.25) is 0 Å². The van der Waals surface area contributed by atoms with Crippen molar-refractivity contribution in [2.75, 3.05) is 0 Å². The van der Waals surface area contributed by atoms with E-state index in [1.165, 1.54) is 70.7 Å². The van der Waals surface area contributed by atoms with Crippen LogP contribution in [0.25, 0.3) is 85.4 Å². The Bertz CT molecular complexity index is 4040. The summed E-state index contributed by atoms with van der Waals surface area (Å²) in [6.07, 6.45) is 2.97. The summed E-state index contributed by atoms with van der Waals surface area (Å²) in [6, 6.07) is 63.0. The normalized spacial score (nSPS) is 11.9. The molecule has 10 aromatic carbocycles. The number of aromatic hydroxyl groups is 2. The van der Waals surface area contributed by atoms with Crippen LogP contribution in [-0.2, 0) is 31.9 Å². The summed E-state index contributed by atoms with van der Waals surface area (Å²) in [5.41, 5.74) is 12.4. The van der Waals surface area contributed by atoms with Crippen molar-refractivity contribution in [3.63, 3.8) is 0 Å². The van der Waals surface area contributed by atoms with Gasteiger partial charge in [0.25, 0.3) is 0 Å². The van der Waals surface area contributed by atoms with Crippen LogP contribution in [0.15, 0.2) is 198 Å². The minimum Gasteiger partial charge on any atom is -0.507 e. The fourth-order valence-electron chi connectivity index (χ4n) is 9.47. The number of phenolic OH excluding ortho intramolecular Hbond substituents is 2. The Kier molecular flexibility index (Phi) is 15.4. The first-order valence-corrected chi connectivity index (χ1v) is 27.2. The van der Waals surface area contributed by atoms with Gasteiger partial charge in [-0.1, -0.05) is 144 Å². The molecule has 2 N–H and O–H groups in total. The maximum Gasteiger partial charge on any atom is 0.126 e. The quantitative estimate of drug-likeness (QED) is 0.117. The van der Waals surface area contributed by atoms with Crippen molar-refractivity contribution in [1.82, 2.24) is 9.97 Å².